The first-order valence-corrected chi connectivity index (χ1v) is 6.00. The van der Waals surface area contributed by atoms with Crippen LogP contribution in [0.2, 0.25) is 0 Å². The Kier molecular flexibility index (Phi) is 3.14. The summed E-state index contributed by atoms with van der Waals surface area (Å²) in [4.78, 5) is 27.8. The maximum atomic E-state index is 12.1. The first kappa shape index (κ1) is 13.3. The molecular weight excluding hydrogens is 244 g/mol. The normalized spacial score (nSPS) is 11.6. The van der Waals surface area contributed by atoms with E-state index in [0.717, 1.165) is 0 Å². The quantitative estimate of drug-likeness (QED) is 0.739. The molecule has 0 amide bonds. The summed E-state index contributed by atoms with van der Waals surface area (Å²) in [5.74, 6) is -0.133. The van der Waals surface area contributed by atoms with Crippen LogP contribution in [0.15, 0.2) is 24.5 Å². The molecule has 0 unspecified atom stereocenters. The van der Waals surface area contributed by atoms with Crippen LogP contribution in [-0.2, 0) is 4.74 Å². The highest BCUT2D eigenvalue weighted by Gasteiger charge is 2.22. The largest absolute Gasteiger partial charge is 0.443 e. The van der Waals surface area contributed by atoms with Gasteiger partial charge in [-0.05, 0) is 39.8 Å². The van der Waals surface area contributed by atoms with Crippen LogP contribution in [0.5, 0.6) is 0 Å². The molecule has 19 heavy (non-hydrogen) atoms. The maximum Gasteiger partial charge on any atom is 0.419 e. The van der Waals surface area contributed by atoms with Gasteiger partial charge in [-0.2, -0.15) is 0 Å². The number of ether oxygens (including phenoxy) is 1. The van der Waals surface area contributed by atoms with Crippen LogP contribution in [-0.4, -0.2) is 27.0 Å². The van der Waals surface area contributed by atoms with E-state index in [9.17, 15) is 9.59 Å². The Labute approximate surface area is 111 Å². The zero-order valence-electron chi connectivity index (χ0n) is 11.4. The Morgan fingerprint density at radius 1 is 1.32 bits per heavy atom. The number of hydrogen-bond acceptors (Lipinski definition) is 4. The van der Waals surface area contributed by atoms with E-state index >= 15 is 0 Å². The fourth-order valence-electron chi connectivity index (χ4n) is 1.78. The van der Waals surface area contributed by atoms with Crippen molar-refractivity contribution in [1.82, 2.24) is 9.55 Å². The number of rotatable bonds is 1. The smallest absolute Gasteiger partial charge is 0.419 e. The molecule has 0 aliphatic heterocycles. The number of Topliss-reactive ketones (excluding diaryl/α,β-unsaturated/α-hetero) is 1. The zero-order chi connectivity index (χ0) is 14.2. The molecule has 2 heterocycles. The number of carbonyl (C=O) groups excluding carboxylic acids is 2. The molecule has 0 aromatic carbocycles. The van der Waals surface area contributed by atoms with Crippen LogP contribution in [0.4, 0.5) is 4.79 Å². The van der Waals surface area contributed by atoms with Gasteiger partial charge in [0, 0.05) is 12.4 Å². The minimum absolute atomic E-state index is 0.133. The topological polar surface area (TPSA) is 61.2 Å². The van der Waals surface area contributed by atoms with Gasteiger partial charge in [-0.3, -0.25) is 14.3 Å². The molecule has 0 atom stereocenters. The Morgan fingerprint density at radius 3 is 2.58 bits per heavy atom. The fourth-order valence-corrected chi connectivity index (χ4v) is 1.78. The van der Waals surface area contributed by atoms with E-state index in [1.807, 2.05) is 0 Å². The van der Waals surface area contributed by atoms with Crippen molar-refractivity contribution >= 4 is 22.9 Å². The molecule has 0 radical (unpaired) electrons. The van der Waals surface area contributed by atoms with Crippen LogP contribution < -0.4 is 0 Å². The van der Waals surface area contributed by atoms with Gasteiger partial charge in [0.1, 0.15) is 5.60 Å². The number of pyridine rings is 1. The predicted octanol–water partition coefficient (Wildman–Crippen LogP) is 3.02. The van der Waals surface area contributed by atoms with Crippen LogP contribution in [0.25, 0.3) is 11.0 Å². The summed E-state index contributed by atoms with van der Waals surface area (Å²) in [5.41, 5.74) is 0.913. The van der Waals surface area contributed by atoms with Crippen molar-refractivity contribution in [1.29, 1.82) is 0 Å². The van der Waals surface area contributed by atoms with Gasteiger partial charge < -0.3 is 4.74 Å². The lowest BCUT2D eigenvalue weighted by Crippen LogP contribution is -2.26. The van der Waals surface area contributed by atoms with Crippen molar-refractivity contribution in [3.63, 3.8) is 0 Å². The second-order valence-corrected chi connectivity index (χ2v) is 5.32. The van der Waals surface area contributed by atoms with Gasteiger partial charge in [-0.1, -0.05) is 0 Å². The van der Waals surface area contributed by atoms with Gasteiger partial charge >= 0.3 is 6.09 Å². The lowest BCUT2D eigenvalue weighted by atomic mass is 10.2. The summed E-state index contributed by atoms with van der Waals surface area (Å²) in [6, 6.07) is 3.45. The molecule has 5 nitrogen and oxygen atoms in total. The molecule has 2 rings (SSSR count). The van der Waals surface area contributed by atoms with Crippen molar-refractivity contribution in [2.75, 3.05) is 0 Å². The van der Waals surface area contributed by atoms with E-state index in [1.165, 1.54) is 17.7 Å². The van der Waals surface area contributed by atoms with E-state index < -0.39 is 11.7 Å². The van der Waals surface area contributed by atoms with E-state index in [1.54, 1.807) is 39.1 Å². The number of ketones is 1. The highest BCUT2D eigenvalue weighted by atomic mass is 16.6. The summed E-state index contributed by atoms with van der Waals surface area (Å²) in [6.45, 7) is 6.82. The molecule has 5 heteroatoms. The summed E-state index contributed by atoms with van der Waals surface area (Å²) in [7, 11) is 0. The third-order valence-electron chi connectivity index (χ3n) is 2.53. The zero-order valence-corrected chi connectivity index (χ0v) is 11.4. The summed E-state index contributed by atoms with van der Waals surface area (Å²) >= 11 is 0. The Morgan fingerprint density at radius 2 is 2.00 bits per heavy atom. The summed E-state index contributed by atoms with van der Waals surface area (Å²) in [5, 5.41) is 0. The van der Waals surface area contributed by atoms with Gasteiger partial charge in [-0.15, -0.1) is 0 Å². The van der Waals surface area contributed by atoms with Crippen molar-refractivity contribution in [3.8, 4) is 0 Å². The maximum absolute atomic E-state index is 12.1. The Balaban J connectivity index is 2.55. The molecule has 2 aromatic rings. The molecule has 0 saturated heterocycles. The van der Waals surface area contributed by atoms with Gasteiger partial charge in [-0.25, -0.2) is 4.79 Å². The second kappa shape index (κ2) is 4.50. The van der Waals surface area contributed by atoms with E-state index in [0.29, 0.717) is 16.6 Å². The number of carbonyl (C=O) groups is 2. The SMILES string of the molecule is CC(=O)c1cn(C(=O)OC(C)(C)C)c2cccnc12. The average Bonchev–Trinajstić information content (AvgIpc) is 2.66. The standard InChI is InChI=1S/C14H16N2O3/c1-9(17)10-8-16(13(18)19-14(2,3)4)11-6-5-7-15-12(10)11/h5-8H,1-4H3. The molecule has 100 valence electrons. The van der Waals surface area contributed by atoms with Crippen LogP contribution in [0.1, 0.15) is 38.1 Å². The third kappa shape index (κ3) is 2.65. The highest BCUT2D eigenvalue weighted by molar-refractivity contribution is 6.07. The van der Waals surface area contributed by atoms with E-state index in [-0.39, 0.29) is 5.78 Å². The van der Waals surface area contributed by atoms with Gasteiger partial charge in [0.25, 0.3) is 0 Å². The van der Waals surface area contributed by atoms with Gasteiger partial charge in [0.05, 0.1) is 16.6 Å². The number of fused-ring (bicyclic) bond motifs is 1. The molecule has 0 fully saturated rings. The second-order valence-electron chi connectivity index (χ2n) is 5.32. The number of nitrogens with zero attached hydrogens (tertiary/aromatic N) is 2. The summed E-state index contributed by atoms with van der Waals surface area (Å²) < 4.78 is 6.63. The summed E-state index contributed by atoms with van der Waals surface area (Å²) in [6.07, 6.45) is 2.56. The molecule has 0 spiro atoms. The van der Waals surface area contributed by atoms with Gasteiger partial charge in [0.2, 0.25) is 0 Å². The van der Waals surface area contributed by atoms with E-state index in [4.69, 9.17) is 4.74 Å². The predicted molar refractivity (Wildman–Crippen MR) is 71.4 cm³/mol. The van der Waals surface area contributed by atoms with Crippen LogP contribution in [0.3, 0.4) is 0 Å². The fraction of sp³-hybridized carbons (Fsp3) is 0.357. The molecule has 0 aliphatic rings. The molecule has 0 N–H and O–H groups in total. The molecular formula is C14H16N2O3. The minimum atomic E-state index is -0.591. The molecule has 0 aliphatic carbocycles. The first-order chi connectivity index (χ1) is 8.79. The van der Waals surface area contributed by atoms with Crippen LogP contribution in [0, 0.1) is 0 Å². The van der Waals surface area contributed by atoms with Crippen molar-refractivity contribution in [2.45, 2.75) is 33.3 Å². The number of aromatic nitrogens is 2. The molecule has 2 aromatic heterocycles. The lowest BCUT2D eigenvalue weighted by molar-refractivity contribution is 0.0544. The van der Waals surface area contributed by atoms with E-state index in [2.05, 4.69) is 4.98 Å². The first-order valence-electron chi connectivity index (χ1n) is 6.00. The monoisotopic (exact) mass is 260 g/mol. The van der Waals surface area contributed by atoms with Crippen molar-refractivity contribution in [3.05, 3.63) is 30.1 Å². The average molecular weight is 260 g/mol. The third-order valence-corrected chi connectivity index (χ3v) is 2.53. The number of hydrogen-bond donors (Lipinski definition) is 0. The van der Waals surface area contributed by atoms with Gasteiger partial charge in [0.15, 0.2) is 5.78 Å². The highest BCUT2D eigenvalue weighted by Crippen LogP contribution is 2.21. The van der Waals surface area contributed by atoms with Crippen molar-refractivity contribution in [2.24, 2.45) is 0 Å². The molecule has 0 bridgehead atoms. The molecule has 0 saturated carbocycles. The van der Waals surface area contributed by atoms with Crippen LogP contribution >= 0.6 is 0 Å². The minimum Gasteiger partial charge on any atom is -0.443 e. The Bertz CT molecular complexity index is 650. The Hall–Kier alpha value is -2.17. The lowest BCUT2D eigenvalue weighted by Gasteiger charge is -2.19. The van der Waals surface area contributed by atoms with Crippen molar-refractivity contribution < 1.29 is 14.3 Å².